The standard InChI is InChI=1S/C30H36F2N2O3/c1-37-24-9-10-27-25(18-24)29(23(20-31)21-33-27)26(32)11-12-30(19-28(35)36)13-16-34(17-14-30)15-5-8-22-6-3-2-4-7-22/h2-4,6-7,9-10,18,21,26H,5,8,11-17,19-20H2,1H3,(H,35,36)/t26-/m0/s1. The van der Waals surface area contributed by atoms with Crippen molar-refractivity contribution in [2.75, 3.05) is 26.7 Å². The number of nitrogens with zero attached hydrogens (tertiary/aromatic N) is 2. The number of likely N-dealkylation sites (tertiary alicyclic amines) is 1. The lowest BCUT2D eigenvalue weighted by atomic mass is 9.71. The topological polar surface area (TPSA) is 62.7 Å². The molecule has 1 fully saturated rings. The maximum atomic E-state index is 15.8. The van der Waals surface area contributed by atoms with Crippen LogP contribution in [0.3, 0.4) is 0 Å². The zero-order valence-electron chi connectivity index (χ0n) is 21.5. The van der Waals surface area contributed by atoms with Crippen molar-refractivity contribution in [3.8, 4) is 5.75 Å². The van der Waals surface area contributed by atoms with Gasteiger partial charge in [0.25, 0.3) is 0 Å². The molecule has 1 aliphatic rings. The van der Waals surface area contributed by atoms with E-state index in [2.05, 4.69) is 34.1 Å². The molecule has 1 atom stereocenters. The zero-order chi connectivity index (χ0) is 26.3. The number of fused-ring (bicyclic) bond motifs is 1. The molecule has 2 heterocycles. The van der Waals surface area contributed by atoms with Gasteiger partial charge in [-0.05, 0) is 87.3 Å². The van der Waals surface area contributed by atoms with E-state index >= 15 is 4.39 Å². The summed E-state index contributed by atoms with van der Waals surface area (Å²) >= 11 is 0. The molecule has 1 saturated heterocycles. The van der Waals surface area contributed by atoms with E-state index < -0.39 is 24.2 Å². The molecule has 1 N–H and O–H groups in total. The molecule has 0 aliphatic carbocycles. The van der Waals surface area contributed by atoms with Gasteiger partial charge < -0.3 is 14.7 Å². The van der Waals surface area contributed by atoms with Crippen LogP contribution in [0, 0.1) is 5.41 Å². The maximum Gasteiger partial charge on any atom is 0.303 e. The number of aliphatic carboxylic acids is 1. The Morgan fingerprint density at radius 1 is 1.19 bits per heavy atom. The third kappa shape index (κ3) is 6.83. The Kier molecular flexibility index (Phi) is 9.09. The van der Waals surface area contributed by atoms with E-state index in [0.717, 1.165) is 45.3 Å². The lowest BCUT2D eigenvalue weighted by Gasteiger charge is -2.41. The number of rotatable bonds is 12. The number of carboxylic acid groups (broad SMARTS) is 1. The summed E-state index contributed by atoms with van der Waals surface area (Å²) in [5, 5.41) is 10.2. The van der Waals surface area contributed by atoms with Crippen LogP contribution in [0.4, 0.5) is 8.78 Å². The van der Waals surface area contributed by atoms with Gasteiger partial charge >= 0.3 is 5.97 Å². The SMILES string of the molecule is COc1ccc2ncc(CF)c([C@@H](F)CCC3(CC(=O)O)CCN(CCCc4ccccc4)CC3)c2c1. The summed E-state index contributed by atoms with van der Waals surface area (Å²) in [5.74, 6) is -0.294. The van der Waals surface area contributed by atoms with Gasteiger partial charge in [0.2, 0.25) is 0 Å². The first-order chi connectivity index (χ1) is 17.9. The summed E-state index contributed by atoms with van der Waals surface area (Å²) in [6, 6.07) is 15.6. The molecule has 0 radical (unpaired) electrons. The van der Waals surface area contributed by atoms with E-state index in [0.29, 0.717) is 28.6 Å². The number of pyridine rings is 1. The summed E-state index contributed by atoms with van der Waals surface area (Å²) < 4.78 is 34.9. The predicted octanol–water partition coefficient (Wildman–Crippen LogP) is 6.69. The molecule has 3 aromatic rings. The van der Waals surface area contributed by atoms with Crippen LogP contribution >= 0.6 is 0 Å². The number of aromatic nitrogens is 1. The van der Waals surface area contributed by atoms with E-state index in [1.807, 2.05) is 6.07 Å². The molecule has 7 heteroatoms. The van der Waals surface area contributed by atoms with E-state index in [-0.39, 0.29) is 18.4 Å². The van der Waals surface area contributed by atoms with Crippen LogP contribution in [0.2, 0.25) is 0 Å². The van der Waals surface area contributed by atoms with Crippen molar-refractivity contribution in [3.63, 3.8) is 0 Å². The molecule has 5 nitrogen and oxygen atoms in total. The minimum atomic E-state index is -1.42. The fourth-order valence-electron chi connectivity index (χ4n) is 5.65. The molecular formula is C30H36F2N2O3. The maximum absolute atomic E-state index is 15.8. The van der Waals surface area contributed by atoms with Crippen LogP contribution in [0.1, 0.15) is 61.4 Å². The fraction of sp³-hybridized carbons (Fsp3) is 0.467. The van der Waals surface area contributed by atoms with E-state index in [1.165, 1.54) is 18.9 Å². The normalized spacial score (nSPS) is 16.5. The van der Waals surface area contributed by atoms with Crippen molar-refractivity contribution in [1.29, 1.82) is 0 Å². The predicted molar refractivity (Wildman–Crippen MR) is 141 cm³/mol. The number of halogens is 2. The van der Waals surface area contributed by atoms with Crippen LogP contribution in [0.15, 0.2) is 54.7 Å². The van der Waals surface area contributed by atoms with Crippen LogP contribution in [0.25, 0.3) is 10.9 Å². The molecule has 0 saturated carbocycles. The smallest absolute Gasteiger partial charge is 0.303 e. The highest BCUT2D eigenvalue weighted by molar-refractivity contribution is 5.85. The van der Waals surface area contributed by atoms with Gasteiger partial charge in [-0.1, -0.05) is 30.3 Å². The Balaban J connectivity index is 1.42. The Hall–Kier alpha value is -3.06. The molecule has 0 spiro atoms. The summed E-state index contributed by atoms with van der Waals surface area (Å²) in [4.78, 5) is 18.4. The highest BCUT2D eigenvalue weighted by atomic mass is 19.1. The van der Waals surface area contributed by atoms with Gasteiger partial charge in [0.1, 0.15) is 18.6 Å². The first kappa shape index (κ1) is 27.0. The van der Waals surface area contributed by atoms with Gasteiger partial charge in [0, 0.05) is 22.7 Å². The van der Waals surface area contributed by atoms with Crippen LogP contribution < -0.4 is 4.74 Å². The van der Waals surface area contributed by atoms with Crippen molar-refractivity contribution in [1.82, 2.24) is 9.88 Å². The minimum Gasteiger partial charge on any atom is -0.497 e. The van der Waals surface area contributed by atoms with Crippen molar-refractivity contribution in [3.05, 3.63) is 71.4 Å². The molecule has 4 rings (SSSR count). The highest BCUT2D eigenvalue weighted by Crippen LogP contribution is 2.43. The second-order valence-corrected chi connectivity index (χ2v) is 10.2. The second kappa shape index (κ2) is 12.5. The first-order valence-corrected chi connectivity index (χ1v) is 13.1. The Bertz CT molecular complexity index is 1170. The summed E-state index contributed by atoms with van der Waals surface area (Å²) in [5.41, 5.74) is 1.98. The van der Waals surface area contributed by atoms with Gasteiger partial charge in [-0.25, -0.2) is 8.78 Å². The molecule has 198 valence electrons. The number of aryl methyl sites for hydroxylation is 1. The number of hydrogen-bond acceptors (Lipinski definition) is 4. The molecule has 1 aromatic heterocycles. The summed E-state index contributed by atoms with van der Waals surface area (Å²) in [6.07, 6.45) is 4.10. The van der Waals surface area contributed by atoms with Crippen molar-refractivity contribution in [2.24, 2.45) is 5.41 Å². The van der Waals surface area contributed by atoms with E-state index in [9.17, 15) is 14.3 Å². The highest BCUT2D eigenvalue weighted by Gasteiger charge is 2.37. The van der Waals surface area contributed by atoms with E-state index in [1.54, 1.807) is 18.2 Å². The Labute approximate surface area is 217 Å². The molecule has 0 bridgehead atoms. The van der Waals surface area contributed by atoms with Gasteiger partial charge in [0.05, 0.1) is 19.0 Å². The number of benzene rings is 2. The number of carboxylic acids is 1. The van der Waals surface area contributed by atoms with Crippen molar-refractivity contribution < 1.29 is 23.4 Å². The number of piperidine rings is 1. The first-order valence-electron chi connectivity index (χ1n) is 13.1. The van der Waals surface area contributed by atoms with Gasteiger partial charge in [-0.15, -0.1) is 0 Å². The van der Waals surface area contributed by atoms with Crippen LogP contribution in [0.5, 0.6) is 5.75 Å². The third-order valence-corrected chi connectivity index (χ3v) is 7.81. The average molecular weight is 511 g/mol. The molecular weight excluding hydrogens is 474 g/mol. The molecule has 1 aliphatic heterocycles. The second-order valence-electron chi connectivity index (χ2n) is 10.2. The van der Waals surface area contributed by atoms with Crippen molar-refractivity contribution in [2.45, 2.75) is 57.8 Å². The minimum absolute atomic E-state index is 0.0262. The van der Waals surface area contributed by atoms with Gasteiger partial charge in [-0.2, -0.15) is 0 Å². The van der Waals surface area contributed by atoms with Crippen LogP contribution in [-0.2, 0) is 17.9 Å². The molecule has 37 heavy (non-hydrogen) atoms. The largest absolute Gasteiger partial charge is 0.497 e. The Morgan fingerprint density at radius 3 is 2.62 bits per heavy atom. The number of hydrogen-bond donors (Lipinski definition) is 1. The average Bonchev–Trinajstić information content (AvgIpc) is 2.92. The monoisotopic (exact) mass is 510 g/mol. The fourth-order valence-corrected chi connectivity index (χ4v) is 5.65. The third-order valence-electron chi connectivity index (χ3n) is 7.81. The molecule has 0 amide bonds. The molecule has 0 unspecified atom stereocenters. The van der Waals surface area contributed by atoms with E-state index in [4.69, 9.17) is 4.74 Å². The number of methoxy groups -OCH3 is 1. The Morgan fingerprint density at radius 2 is 1.95 bits per heavy atom. The van der Waals surface area contributed by atoms with Gasteiger partial charge in [-0.3, -0.25) is 9.78 Å². The zero-order valence-corrected chi connectivity index (χ0v) is 21.5. The summed E-state index contributed by atoms with van der Waals surface area (Å²) in [7, 11) is 1.53. The summed E-state index contributed by atoms with van der Waals surface area (Å²) in [6.45, 7) is 1.77. The van der Waals surface area contributed by atoms with Crippen LogP contribution in [-0.4, -0.2) is 47.7 Å². The van der Waals surface area contributed by atoms with Gasteiger partial charge in [0.15, 0.2) is 0 Å². The van der Waals surface area contributed by atoms with Crippen molar-refractivity contribution >= 4 is 16.9 Å². The molecule has 2 aromatic carbocycles. The quantitative estimate of drug-likeness (QED) is 0.294. The lowest BCUT2D eigenvalue weighted by molar-refractivity contribution is -0.141. The number of ether oxygens (including phenoxy) is 1. The number of carbonyl (C=O) groups is 1. The number of alkyl halides is 2. The lowest BCUT2D eigenvalue weighted by Crippen LogP contribution is -2.41.